The zero-order chi connectivity index (χ0) is 18.4. The summed E-state index contributed by atoms with van der Waals surface area (Å²) in [5.74, 6) is 0.451. The number of aliphatic imine (C=N–C) groups is 1. The zero-order valence-electron chi connectivity index (χ0n) is 15.5. The van der Waals surface area contributed by atoms with E-state index in [4.69, 9.17) is 0 Å². The number of benzene rings is 2. The Kier molecular flexibility index (Phi) is 8.04. The zero-order valence-corrected chi connectivity index (χ0v) is 17.9. The maximum absolute atomic E-state index is 13.2. The number of guanidine groups is 1. The van der Waals surface area contributed by atoms with E-state index in [1.165, 1.54) is 11.6 Å². The van der Waals surface area contributed by atoms with Crippen LogP contribution in [0, 0.1) is 5.82 Å². The average Bonchev–Trinajstić information content (AvgIpc) is 2.98. The van der Waals surface area contributed by atoms with Crippen molar-refractivity contribution in [1.82, 2.24) is 10.6 Å². The highest BCUT2D eigenvalue weighted by atomic mass is 127. The van der Waals surface area contributed by atoms with Gasteiger partial charge in [0.15, 0.2) is 5.96 Å². The molecule has 146 valence electrons. The van der Waals surface area contributed by atoms with Gasteiger partial charge in [-0.3, -0.25) is 0 Å². The van der Waals surface area contributed by atoms with Crippen LogP contribution in [0.3, 0.4) is 0 Å². The number of aliphatic hydroxyl groups is 1. The first-order valence-corrected chi connectivity index (χ1v) is 9.18. The van der Waals surface area contributed by atoms with E-state index in [0.717, 1.165) is 24.1 Å². The molecular weight excluding hydrogens is 456 g/mol. The Morgan fingerprint density at radius 3 is 2.78 bits per heavy atom. The van der Waals surface area contributed by atoms with Crippen LogP contribution < -0.4 is 10.6 Å². The molecule has 0 heterocycles. The smallest absolute Gasteiger partial charge is 0.191 e. The van der Waals surface area contributed by atoms with Gasteiger partial charge in [-0.25, -0.2) is 9.38 Å². The number of aryl methyl sites for hydroxylation is 1. The van der Waals surface area contributed by atoms with E-state index in [2.05, 4.69) is 21.7 Å². The Morgan fingerprint density at radius 1 is 1.19 bits per heavy atom. The Hall–Kier alpha value is -1.67. The molecule has 0 spiro atoms. The van der Waals surface area contributed by atoms with Gasteiger partial charge >= 0.3 is 0 Å². The molecule has 3 rings (SSSR count). The molecule has 4 nitrogen and oxygen atoms in total. The van der Waals surface area contributed by atoms with E-state index >= 15 is 0 Å². The summed E-state index contributed by atoms with van der Waals surface area (Å²) in [6.07, 6.45) is 2.28. The molecular formula is C21H27FIN3O. The third-order valence-corrected chi connectivity index (χ3v) is 4.76. The van der Waals surface area contributed by atoms with Gasteiger partial charge in [-0.2, -0.15) is 0 Å². The molecule has 1 aliphatic carbocycles. The van der Waals surface area contributed by atoms with E-state index in [1.807, 2.05) is 31.2 Å². The van der Waals surface area contributed by atoms with Crippen LogP contribution in [-0.4, -0.2) is 30.7 Å². The number of nitrogens with zero attached hydrogens (tertiary/aromatic N) is 1. The van der Waals surface area contributed by atoms with Gasteiger partial charge in [-0.05, 0) is 55.0 Å². The molecule has 2 aromatic rings. The van der Waals surface area contributed by atoms with Gasteiger partial charge in [-0.15, -0.1) is 24.0 Å². The van der Waals surface area contributed by atoms with Crippen LogP contribution in [0.1, 0.15) is 30.0 Å². The van der Waals surface area contributed by atoms with Gasteiger partial charge in [0.2, 0.25) is 0 Å². The lowest BCUT2D eigenvalue weighted by Crippen LogP contribution is -2.39. The monoisotopic (exact) mass is 483 g/mol. The number of fused-ring (bicyclic) bond motifs is 1. The quantitative estimate of drug-likeness (QED) is 0.336. The number of halogens is 2. The van der Waals surface area contributed by atoms with Crippen LogP contribution in [0.2, 0.25) is 0 Å². The lowest BCUT2D eigenvalue weighted by atomic mass is 9.96. The van der Waals surface area contributed by atoms with Crippen LogP contribution in [0.5, 0.6) is 0 Å². The number of hydrogen-bond acceptors (Lipinski definition) is 2. The van der Waals surface area contributed by atoms with E-state index < -0.39 is 5.60 Å². The Labute approximate surface area is 177 Å². The summed E-state index contributed by atoms with van der Waals surface area (Å²) in [7, 11) is 0. The Morgan fingerprint density at radius 2 is 2.00 bits per heavy atom. The van der Waals surface area contributed by atoms with Crippen molar-refractivity contribution in [3.63, 3.8) is 0 Å². The summed E-state index contributed by atoms with van der Waals surface area (Å²) >= 11 is 0. The fourth-order valence-electron chi connectivity index (χ4n) is 3.40. The molecule has 2 aromatic carbocycles. The maximum Gasteiger partial charge on any atom is 0.191 e. The SMILES string of the molecule is CCNC(=NCC1(O)CCc2ccccc21)NCCc1cccc(F)c1.I. The largest absolute Gasteiger partial charge is 0.383 e. The third-order valence-electron chi connectivity index (χ3n) is 4.76. The van der Waals surface area contributed by atoms with Crippen LogP contribution >= 0.6 is 24.0 Å². The average molecular weight is 483 g/mol. The Balaban J connectivity index is 0.00000261. The summed E-state index contributed by atoms with van der Waals surface area (Å²) in [6.45, 7) is 3.70. The minimum absolute atomic E-state index is 0. The molecule has 0 radical (unpaired) electrons. The van der Waals surface area contributed by atoms with Gasteiger partial charge in [0.05, 0.1) is 6.54 Å². The molecule has 6 heteroatoms. The second-order valence-corrected chi connectivity index (χ2v) is 6.69. The summed E-state index contributed by atoms with van der Waals surface area (Å²) in [6, 6.07) is 14.6. The van der Waals surface area contributed by atoms with Crippen molar-refractivity contribution < 1.29 is 9.50 Å². The number of nitrogens with one attached hydrogen (secondary N) is 2. The third kappa shape index (κ3) is 5.65. The van der Waals surface area contributed by atoms with Crippen molar-refractivity contribution in [1.29, 1.82) is 0 Å². The van der Waals surface area contributed by atoms with Gasteiger partial charge < -0.3 is 15.7 Å². The highest BCUT2D eigenvalue weighted by molar-refractivity contribution is 14.0. The van der Waals surface area contributed by atoms with Crippen molar-refractivity contribution in [2.45, 2.75) is 31.8 Å². The molecule has 0 aromatic heterocycles. The van der Waals surface area contributed by atoms with Gasteiger partial charge in [0.1, 0.15) is 11.4 Å². The van der Waals surface area contributed by atoms with Crippen molar-refractivity contribution in [2.75, 3.05) is 19.6 Å². The second-order valence-electron chi connectivity index (χ2n) is 6.69. The first-order chi connectivity index (χ1) is 12.6. The molecule has 1 atom stereocenters. The first kappa shape index (κ1) is 21.6. The lowest BCUT2D eigenvalue weighted by molar-refractivity contribution is 0.0485. The molecule has 0 saturated carbocycles. The fourth-order valence-corrected chi connectivity index (χ4v) is 3.40. The molecule has 27 heavy (non-hydrogen) atoms. The fraction of sp³-hybridized carbons (Fsp3) is 0.381. The molecule has 0 amide bonds. The van der Waals surface area contributed by atoms with E-state index in [-0.39, 0.29) is 29.8 Å². The molecule has 0 bridgehead atoms. The predicted molar refractivity (Wildman–Crippen MR) is 118 cm³/mol. The van der Waals surface area contributed by atoms with Crippen molar-refractivity contribution in [3.8, 4) is 0 Å². The molecule has 0 saturated heterocycles. The normalized spacial score (nSPS) is 18.6. The van der Waals surface area contributed by atoms with Crippen LogP contribution in [-0.2, 0) is 18.4 Å². The van der Waals surface area contributed by atoms with E-state index in [9.17, 15) is 9.50 Å². The second kappa shape index (κ2) is 10.0. The topological polar surface area (TPSA) is 56.7 Å². The highest BCUT2D eigenvalue weighted by Crippen LogP contribution is 2.36. The van der Waals surface area contributed by atoms with Gasteiger partial charge in [0, 0.05) is 13.1 Å². The molecule has 3 N–H and O–H groups in total. The number of rotatable bonds is 6. The highest BCUT2D eigenvalue weighted by Gasteiger charge is 2.36. The van der Waals surface area contributed by atoms with Crippen LogP contribution in [0.4, 0.5) is 4.39 Å². The van der Waals surface area contributed by atoms with Gasteiger partial charge in [0.25, 0.3) is 0 Å². The van der Waals surface area contributed by atoms with Crippen molar-refractivity contribution >= 4 is 29.9 Å². The summed E-state index contributed by atoms with van der Waals surface area (Å²) in [5, 5.41) is 17.4. The predicted octanol–water partition coefficient (Wildman–Crippen LogP) is 3.38. The van der Waals surface area contributed by atoms with Crippen LogP contribution in [0.15, 0.2) is 53.5 Å². The standard InChI is InChI=1S/C21H26FN3O.HI/c1-2-23-20(24-13-11-16-6-5-8-18(22)14-16)25-15-21(26)12-10-17-7-3-4-9-19(17)21;/h3-9,14,26H,2,10-13,15H2,1H3,(H2,23,24,25);1H. The van der Waals surface area contributed by atoms with Crippen LogP contribution in [0.25, 0.3) is 0 Å². The van der Waals surface area contributed by atoms with Gasteiger partial charge in [-0.1, -0.05) is 36.4 Å². The van der Waals surface area contributed by atoms with E-state index in [1.54, 1.807) is 12.1 Å². The minimum atomic E-state index is -0.901. The molecule has 0 fully saturated rings. The lowest BCUT2D eigenvalue weighted by Gasteiger charge is -2.22. The molecule has 1 unspecified atom stereocenters. The summed E-state index contributed by atoms with van der Waals surface area (Å²) < 4.78 is 13.2. The first-order valence-electron chi connectivity index (χ1n) is 9.18. The summed E-state index contributed by atoms with van der Waals surface area (Å²) in [5.41, 5.74) is 2.23. The molecule has 0 aliphatic heterocycles. The van der Waals surface area contributed by atoms with Crippen molar-refractivity contribution in [2.24, 2.45) is 4.99 Å². The minimum Gasteiger partial charge on any atom is -0.383 e. The maximum atomic E-state index is 13.2. The van der Waals surface area contributed by atoms with E-state index in [0.29, 0.717) is 31.9 Å². The summed E-state index contributed by atoms with van der Waals surface area (Å²) in [4.78, 5) is 4.59. The molecule has 1 aliphatic rings. The Bertz CT molecular complexity index is 784. The number of hydrogen-bond donors (Lipinski definition) is 3. The van der Waals surface area contributed by atoms with Crippen molar-refractivity contribution in [3.05, 3.63) is 71.0 Å².